The zero-order chi connectivity index (χ0) is 41.7. The molecule has 0 bridgehead atoms. The summed E-state index contributed by atoms with van der Waals surface area (Å²) < 4.78 is 16.9. The van der Waals surface area contributed by atoms with Crippen LogP contribution in [0.25, 0.3) is 22.3 Å². The Kier molecular flexibility index (Phi) is 12.7. The molecule has 5 atom stereocenters. The molecule has 6 N–H and O–H groups in total. The SMILES string of the molecule is COC(=O)NNC(=O)[C@@]12C[C@H]1/C=C\CCCC[C@H](NC(=O)NC1CCCC1)C(=O)N1C[C@H](Oc3cc(-c4csc(NC(C)C)n4)nc4cc(OC)ccc34)C[C@H]1C(=O)N2. The number of nitrogens with one attached hydrogen (secondary N) is 6. The number of ether oxygens (including phenoxy) is 3. The Balaban J connectivity index is 1.20. The van der Waals surface area contributed by atoms with E-state index >= 15 is 0 Å². The summed E-state index contributed by atoms with van der Waals surface area (Å²) in [5, 5.41) is 15.6. The smallest absolute Gasteiger partial charge is 0.425 e. The molecule has 4 aliphatic rings. The van der Waals surface area contributed by atoms with Crippen molar-refractivity contribution in [3.63, 3.8) is 0 Å². The van der Waals surface area contributed by atoms with Gasteiger partial charge >= 0.3 is 12.1 Å². The van der Waals surface area contributed by atoms with E-state index in [1.807, 2.05) is 55.6 Å². The number of amides is 6. The number of nitrogens with zero attached hydrogens (tertiary/aromatic N) is 3. The van der Waals surface area contributed by atoms with Crippen LogP contribution in [0.5, 0.6) is 11.5 Å². The molecule has 1 saturated heterocycles. The highest BCUT2D eigenvalue weighted by Crippen LogP contribution is 2.45. The van der Waals surface area contributed by atoms with Crippen LogP contribution < -0.4 is 41.6 Å². The fourth-order valence-electron chi connectivity index (χ4n) is 8.13. The van der Waals surface area contributed by atoms with Crippen LogP contribution in [0.15, 0.2) is 41.8 Å². The molecule has 3 fully saturated rings. The first-order chi connectivity index (χ1) is 28.5. The quantitative estimate of drug-likeness (QED) is 0.130. The van der Waals surface area contributed by atoms with Crippen molar-refractivity contribution >= 4 is 57.2 Å². The van der Waals surface area contributed by atoms with Crippen molar-refractivity contribution in [1.29, 1.82) is 0 Å². The minimum atomic E-state index is -1.38. The van der Waals surface area contributed by atoms with Gasteiger partial charge in [-0.05, 0) is 64.5 Å². The Hall–Kier alpha value is -5.65. The molecular formula is C41H53N9O8S. The second kappa shape index (κ2) is 18.1. The molecule has 316 valence electrons. The lowest BCUT2D eigenvalue weighted by Gasteiger charge is -2.30. The number of hydrogen-bond donors (Lipinski definition) is 6. The summed E-state index contributed by atoms with van der Waals surface area (Å²) in [6.07, 6.45) is 8.95. The van der Waals surface area contributed by atoms with Crippen molar-refractivity contribution in [3.05, 3.63) is 41.8 Å². The van der Waals surface area contributed by atoms with Gasteiger partial charge in [0.2, 0.25) is 11.8 Å². The van der Waals surface area contributed by atoms with Crippen molar-refractivity contribution in [2.75, 3.05) is 26.1 Å². The monoisotopic (exact) mass is 831 g/mol. The number of methoxy groups -OCH3 is 2. The van der Waals surface area contributed by atoms with E-state index in [2.05, 4.69) is 36.9 Å². The maximum absolute atomic E-state index is 14.7. The molecule has 59 heavy (non-hydrogen) atoms. The molecule has 0 spiro atoms. The molecule has 2 saturated carbocycles. The van der Waals surface area contributed by atoms with E-state index in [1.54, 1.807) is 7.11 Å². The second-order valence-corrected chi connectivity index (χ2v) is 16.8. The number of hydrazine groups is 1. The second-order valence-electron chi connectivity index (χ2n) is 15.9. The van der Waals surface area contributed by atoms with Gasteiger partial charge in [0.25, 0.3) is 5.91 Å². The fraction of sp³-hybridized carbons (Fsp3) is 0.537. The zero-order valence-electron chi connectivity index (χ0n) is 33.8. The molecule has 17 nitrogen and oxygen atoms in total. The number of fused-ring (bicyclic) bond motifs is 3. The predicted molar refractivity (Wildman–Crippen MR) is 221 cm³/mol. The van der Waals surface area contributed by atoms with Crippen molar-refractivity contribution in [2.24, 2.45) is 5.92 Å². The summed E-state index contributed by atoms with van der Waals surface area (Å²) in [5.74, 6) is -0.856. The molecule has 2 aromatic heterocycles. The van der Waals surface area contributed by atoms with Gasteiger partial charge in [-0.15, -0.1) is 11.3 Å². The minimum absolute atomic E-state index is 0.0280. The highest BCUT2D eigenvalue weighted by Gasteiger charge is 2.61. The number of benzene rings is 1. The third-order valence-corrected chi connectivity index (χ3v) is 12.1. The van der Waals surface area contributed by atoms with Gasteiger partial charge in [-0.25, -0.2) is 25.0 Å². The lowest BCUT2D eigenvalue weighted by molar-refractivity contribution is -0.141. The molecule has 2 aliphatic heterocycles. The highest BCUT2D eigenvalue weighted by molar-refractivity contribution is 7.14. The van der Waals surface area contributed by atoms with Gasteiger partial charge in [-0.3, -0.25) is 19.8 Å². The highest BCUT2D eigenvalue weighted by atomic mass is 32.1. The van der Waals surface area contributed by atoms with Gasteiger partial charge < -0.3 is 40.4 Å². The van der Waals surface area contributed by atoms with Gasteiger partial charge in [0.05, 0.1) is 32.0 Å². The van der Waals surface area contributed by atoms with Crippen LogP contribution in [0.1, 0.15) is 78.1 Å². The van der Waals surface area contributed by atoms with Crippen molar-refractivity contribution < 1.29 is 38.2 Å². The number of carbonyl (C=O) groups is 5. The number of carbonyl (C=O) groups excluding carboxylic acids is 5. The summed E-state index contributed by atoms with van der Waals surface area (Å²) >= 11 is 1.46. The number of anilines is 1. The summed E-state index contributed by atoms with van der Waals surface area (Å²) in [5.41, 5.74) is 5.01. The molecule has 6 amide bonds. The molecule has 4 heterocycles. The number of thiazole rings is 1. The molecule has 7 rings (SSSR count). The van der Waals surface area contributed by atoms with Crippen LogP contribution in [0.2, 0.25) is 0 Å². The van der Waals surface area contributed by atoms with Gasteiger partial charge in [-0.1, -0.05) is 31.4 Å². The number of pyridine rings is 1. The van der Waals surface area contributed by atoms with Crippen LogP contribution >= 0.6 is 11.3 Å². The normalized spacial score (nSPS) is 25.2. The van der Waals surface area contributed by atoms with Crippen molar-refractivity contribution in [3.8, 4) is 22.9 Å². The number of rotatable bonds is 9. The Labute approximate surface area is 346 Å². The number of aromatic nitrogens is 2. The zero-order valence-corrected chi connectivity index (χ0v) is 34.6. The van der Waals surface area contributed by atoms with Crippen LogP contribution in [0, 0.1) is 5.92 Å². The van der Waals surface area contributed by atoms with E-state index in [-0.39, 0.29) is 37.4 Å². The van der Waals surface area contributed by atoms with Crippen LogP contribution in [0.4, 0.5) is 14.7 Å². The molecule has 3 aromatic rings. The summed E-state index contributed by atoms with van der Waals surface area (Å²) in [4.78, 5) is 79.1. The first kappa shape index (κ1) is 41.5. The predicted octanol–water partition coefficient (Wildman–Crippen LogP) is 4.54. The average molecular weight is 832 g/mol. The van der Waals surface area contributed by atoms with Gasteiger partial charge in [0, 0.05) is 47.3 Å². The van der Waals surface area contributed by atoms with Gasteiger partial charge in [0.1, 0.15) is 40.9 Å². The van der Waals surface area contributed by atoms with E-state index in [9.17, 15) is 24.0 Å². The lowest BCUT2D eigenvalue weighted by Crippen LogP contribution is -2.59. The number of allylic oxidation sites excluding steroid dienone is 1. The largest absolute Gasteiger partial charge is 0.497 e. The number of hydrogen-bond acceptors (Lipinski definition) is 12. The maximum atomic E-state index is 14.7. The van der Waals surface area contributed by atoms with E-state index in [1.165, 1.54) is 23.3 Å². The first-order valence-electron chi connectivity index (χ1n) is 20.3. The maximum Gasteiger partial charge on any atom is 0.425 e. The van der Waals surface area contributed by atoms with Crippen LogP contribution in [-0.2, 0) is 19.1 Å². The molecule has 0 radical (unpaired) electrons. The van der Waals surface area contributed by atoms with Crippen LogP contribution in [-0.4, -0.2) is 101 Å². The average Bonchev–Trinajstić information content (AvgIpc) is 3.65. The Morgan fingerprint density at radius 1 is 0.983 bits per heavy atom. The summed E-state index contributed by atoms with van der Waals surface area (Å²) in [7, 11) is 2.75. The first-order valence-corrected chi connectivity index (χ1v) is 21.2. The molecule has 18 heteroatoms. The van der Waals surface area contributed by atoms with E-state index in [4.69, 9.17) is 19.4 Å². The Morgan fingerprint density at radius 3 is 2.54 bits per heavy atom. The molecule has 0 unspecified atom stereocenters. The standard InChI is InChI=1S/C41H53N9O8S/c1-23(2)42-39-46-32(22-59-39)31-19-34(28-16-15-26(56-3)17-30(28)44-31)58-27-18-33-35(51)47-41(37(53)48-49-40(55)57-4)20-24(41)11-7-5-6-8-14-29(36(52)50(33)21-27)45-38(54)43-25-12-9-10-13-25/h7,11,15-17,19,22-25,27,29,33H,5-6,8-10,12-14,18,20-21H2,1-4H3,(H,42,46)(H,47,51)(H,48,53)(H,49,55)(H2,43,45,54)/b11-7-/t24-,27-,29+,33+,41-/m1/s1. The lowest BCUT2D eigenvalue weighted by atomic mass is 10.0. The van der Waals surface area contributed by atoms with Gasteiger partial charge in [0.15, 0.2) is 5.13 Å². The third kappa shape index (κ3) is 9.64. The number of urea groups is 1. The van der Waals surface area contributed by atoms with E-state index < -0.39 is 53.6 Å². The fourth-order valence-corrected chi connectivity index (χ4v) is 8.98. The Morgan fingerprint density at radius 2 is 1.78 bits per heavy atom. The van der Waals surface area contributed by atoms with Crippen molar-refractivity contribution in [2.45, 2.75) is 114 Å². The van der Waals surface area contributed by atoms with Crippen molar-refractivity contribution in [1.82, 2.24) is 41.7 Å². The molecular weight excluding hydrogens is 779 g/mol. The third-order valence-electron chi connectivity index (χ3n) is 11.3. The van der Waals surface area contributed by atoms with E-state index in [0.29, 0.717) is 53.1 Å². The molecule has 2 aliphatic carbocycles. The topological polar surface area (TPSA) is 214 Å². The van der Waals surface area contributed by atoms with Gasteiger partial charge in [-0.2, -0.15) is 0 Å². The van der Waals surface area contributed by atoms with Crippen LogP contribution in [0.3, 0.4) is 0 Å². The van der Waals surface area contributed by atoms with E-state index in [0.717, 1.165) is 37.2 Å². The minimum Gasteiger partial charge on any atom is -0.497 e. The summed E-state index contributed by atoms with van der Waals surface area (Å²) in [6, 6.07) is 5.13. The molecule has 1 aromatic carbocycles. The summed E-state index contributed by atoms with van der Waals surface area (Å²) in [6.45, 7) is 4.10. The Bertz CT molecular complexity index is 2090.